The first kappa shape index (κ1) is 22.7. The Morgan fingerprint density at radius 2 is 1.76 bits per heavy atom. The quantitative estimate of drug-likeness (QED) is 0.339. The van der Waals surface area contributed by atoms with Crippen molar-refractivity contribution in [2.24, 2.45) is 5.10 Å². The van der Waals surface area contributed by atoms with Crippen LogP contribution in [0, 0.1) is 10.1 Å². The van der Waals surface area contributed by atoms with E-state index in [1.165, 1.54) is 30.5 Å². The number of anilines is 1. The molecule has 174 valence electrons. The molecule has 1 saturated heterocycles. The molecule has 1 aliphatic heterocycles. The molecular formula is C24H24N6O4. The van der Waals surface area contributed by atoms with Crippen molar-refractivity contribution in [3.63, 3.8) is 0 Å². The maximum Gasteiger partial charge on any atom is 0.336 e. The molecule has 3 aromatic rings. The van der Waals surface area contributed by atoms with E-state index < -0.39 is 22.7 Å². The van der Waals surface area contributed by atoms with Crippen LogP contribution in [0.4, 0.5) is 21.0 Å². The number of rotatable bonds is 5. The summed E-state index contributed by atoms with van der Waals surface area (Å²) in [6.07, 6.45) is 0.702. The number of non-ortho nitro benzene ring substituents is 1. The third-order valence-corrected chi connectivity index (χ3v) is 6.06. The summed E-state index contributed by atoms with van der Waals surface area (Å²) >= 11 is 0. The third kappa shape index (κ3) is 4.13. The van der Waals surface area contributed by atoms with E-state index in [2.05, 4.69) is 15.8 Å². The van der Waals surface area contributed by atoms with E-state index in [4.69, 9.17) is 0 Å². The Bertz CT molecular complexity index is 1280. The molecule has 0 unspecified atom stereocenters. The number of nitrogens with zero attached hydrogens (tertiary/aromatic N) is 4. The highest BCUT2D eigenvalue weighted by Crippen LogP contribution is 2.37. The van der Waals surface area contributed by atoms with E-state index in [9.17, 15) is 19.7 Å². The summed E-state index contributed by atoms with van der Waals surface area (Å²) in [7, 11) is 1.70. The molecular weight excluding hydrogens is 436 g/mol. The Balaban J connectivity index is 1.55. The Kier molecular flexibility index (Phi) is 5.89. The second-order valence-electron chi connectivity index (χ2n) is 8.46. The summed E-state index contributed by atoms with van der Waals surface area (Å²) in [6.45, 7) is 3.75. The van der Waals surface area contributed by atoms with Crippen LogP contribution in [-0.2, 0) is 0 Å². The van der Waals surface area contributed by atoms with Crippen molar-refractivity contribution in [1.82, 2.24) is 15.6 Å². The maximum atomic E-state index is 13.2. The SMILES string of the molecule is CN1C(=O)N(c2cccc3ccccc23)[C@H](NC(=O)N/N=C\c2ccc([N+](=O)[O-])cc2)C1(C)C. The van der Waals surface area contributed by atoms with Crippen molar-refractivity contribution in [2.45, 2.75) is 25.6 Å². The van der Waals surface area contributed by atoms with Gasteiger partial charge < -0.3 is 10.2 Å². The van der Waals surface area contributed by atoms with E-state index in [0.29, 0.717) is 11.3 Å². The lowest BCUT2D eigenvalue weighted by Crippen LogP contribution is -2.57. The number of nitrogens with one attached hydrogen (secondary N) is 2. The molecule has 1 fully saturated rings. The normalized spacial score (nSPS) is 17.4. The van der Waals surface area contributed by atoms with E-state index in [1.54, 1.807) is 16.8 Å². The maximum absolute atomic E-state index is 13.2. The number of carbonyl (C=O) groups excluding carboxylic acids is 2. The van der Waals surface area contributed by atoms with Gasteiger partial charge in [-0.1, -0.05) is 36.4 Å². The number of nitro benzene ring substituents is 1. The summed E-state index contributed by atoms with van der Waals surface area (Å²) in [4.78, 5) is 39.4. The van der Waals surface area contributed by atoms with E-state index in [-0.39, 0.29) is 11.7 Å². The minimum absolute atomic E-state index is 0.0337. The van der Waals surface area contributed by atoms with Gasteiger partial charge in [-0.05, 0) is 43.0 Å². The number of carbonyl (C=O) groups is 2. The Morgan fingerprint density at radius 3 is 2.47 bits per heavy atom. The Morgan fingerprint density at radius 1 is 1.09 bits per heavy atom. The van der Waals surface area contributed by atoms with Crippen LogP contribution in [0.5, 0.6) is 0 Å². The topological polar surface area (TPSA) is 120 Å². The number of amides is 4. The van der Waals surface area contributed by atoms with Crippen LogP contribution in [-0.4, -0.2) is 46.9 Å². The predicted molar refractivity (Wildman–Crippen MR) is 130 cm³/mol. The fourth-order valence-corrected chi connectivity index (χ4v) is 3.92. The average molecular weight is 460 g/mol. The van der Waals surface area contributed by atoms with E-state index >= 15 is 0 Å². The van der Waals surface area contributed by atoms with Crippen molar-refractivity contribution in [3.8, 4) is 0 Å². The zero-order chi connectivity index (χ0) is 24.5. The fourth-order valence-electron chi connectivity index (χ4n) is 3.92. The van der Waals surface area contributed by atoms with Crippen molar-refractivity contribution in [1.29, 1.82) is 0 Å². The minimum atomic E-state index is -0.715. The molecule has 3 aromatic carbocycles. The van der Waals surface area contributed by atoms with Gasteiger partial charge in [-0.3, -0.25) is 15.0 Å². The van der Waals surface area contributed by atoms with Gasteiger partial charge in [-0.15, -0.1) is 0 Å². The number of hydrazone groups is 1. The van der Waals surface area contributed by atoms with Crippen LogP contribution in [0.2, 0.25) is 0 Å². The highest BCUT2D eigenvalue weighted by Gasteiger charge is 2.51. The molecule has 4 amide bonds. The minimum Gasteiger partial charge on any atom is -0.318 e. The summed E-state index contributed by atoms with van der Waals surface area (Å²) < 4.78 is 0. The number of benzene rings is 3. The molecule has 1 aliphatic rings. The number of urea groups is 2. The molecule has 0 bridgehead atoms. The largest absolute Gasteiger partial charge is 0.336 e. The van der Waals surface area contributed by atoms with Gasteiger partial charge in [0, 0.05) is 24.6 Å². The molecule has 0 aromatic heterocycles. The fraction of sp³-hybridized carbons (Fsp3) is 0.208. The highest BCUT2D eigenvalue weighted by molar-refractivity contribution is 6.05. The van der Waals surface area contributed by atoms with Crippen LogP contribution in [0.25, 0.3) is 10.8 Å². The van der Waals surface area contributed by atoms with Crippen LogP contribution >= 0.6 is 0 Å². The zero-order valence-corrected chi connectivity index (χ0v) is 18.9. The smallest absolute Gasteiger partial charge is 0.318 e. The lowest BCUT2D eigenvalue weighted by atomic mass is 10.00. The number of fused-ring (bicyclic) bond motifs is 1. The molecule has 0 spiro atoms. The van der Waals surface area contributed by atoms with E-state index in [0.717, 1.165) is 10.8 Å². The molecule has 0 radical (unpaired) electrons. The molecule has 0 aliphatic carbocycles. The van der Waals surface area contributed by atoms with Gasteiger partial charge in [0.25, 0.3) is 5.69 Å². The van der Waals surface area contributed by atoms with Crippen LogP contribution < -0.4 is 15.6 Å². The van der Waals surface area contributed by atoms with Crippen molar-refractivity contribution in [2.75, 3.05) is 11.9 Å². The van der Waals surface area contributed by atoms with Crippen LogP contribution in [0.15, 0.2) is 71.8 Å². The first-order valence-electron chi connectivity index (χ1n) is 10.6. The first-order chi connectivity index (χ1) is 16.2. The van der Waals surface area contributed by atoms with Gasteiger partial charge in [0.15, 0.2) is 0 Å². The highest BCUT2D eigenvalue weighted by atomic mass is 16.6. The number of hydrogen-bond donors (Lipinski definition) is 2. The second kappa shape index (κ2) is 8.81. The summed E-state index contributed by atoms with van der Waals surface area (Å²) in [5, 5.41) is 19.4. The number of likely N-dealkylation sites (N-methyl/N-ethyl adjacent to an activating group) is 1. The molecule has 10 nitrogen and oxygen atoms in total. The van der Waals surface area contributed by atoms with Gasteiger partial charge in [0.05, 0.1) is 22.4 Å². The Hall–Kier alpha value is -4.47. The molecule has 1 atom stereocenters. The second-order valence-corrected chi connectivity index (χ2v) is 8.46. The molecule has 0 saturated carbocycles. The van der Waals surface area contributed by atoms with Crippen molar-refractivity contribution >= 4 is 40.4 Å². The summed E-state index contributed by atoms with van der Waals surface area (Å²) in [5.74, 6) is 0. The Labute approximate surface area is 196 Å². The zero-order valence-electron chi connectivity index (χ0n) is 18.9. The molecule has 2 N–H and O–H groups in total. The molecule has 10 heteroatoms. The van der Waals surface area contributed by atoms with Gasteiger partial charge in [0.1, 0.15) is 6.17 Å². The van der Waals surface area contributed by atoms with E-state index in [1.807, 2.05) is 56.3 Å². The number of nitro groups is 1. The van der Waals surface area contributed by atoms with Gasteiger partial charge >= 0.3 is 12.1 Å². The molecule has 34 heavy (non-hydrogen) atoms. The molecule has 1 heterocycles. The number of hydrogen-bond acceptors (Lipinski definition) is 5. The summed E-state index contributed by atoms with van der Waals surface area (Å²) in [5.41, 5.74) is 2.93. The van der Waals surface area contributed by atoms with Crippen LogP contribution in [0.3, 0.4) is 0 Å². The monoisotopic (exact) mass is 460 g/mol. The van der Waals surface area contributed by atoms with Crippen LogP contribution in [0.1, 0.15) is 19.4 Å². The predicted octanol–water partition coefficient (Wildman–Crippen LogP) is 4.06. The average Bonchev–Trinajstić information content (AvgIpc) is 2.98. The lowest BCUT2D eigenvalue weighted by molar-refractivity contribution is -0.384. The van der Waals surface area contributed by atoms with Crippen molar-refractivity contribution < 1.29 is 14.5 Å². The third-order valence-electron chi connectivity index (χ3n) is 6.06. The first-order valence-corrected chi connectivity index (χ1v) is 10.6. The lowest BCUT2D eigenvalue weighted by Gasteiger charge is -2.33. The van der Waals surface area contributed by atoms with Gasteiger partial charge in [-0.2, -0.15) is 5.10 Å². The van der Waals surface area contributed by atoms with Gasteiger partial charge in [0.2, 0.25) is 0 Å². The van der Waals surface area contributed by atoms with Crippen molar-refractivity contribution in [3.05, 3.63) is 82.4 Å². The molecule has 4 rings (SSSR count). The standard InChI is InChI=1S/C24H24N6O4/c1-24(2)21(26-22(31)27-25-15-16-11-13-18(14-12-16)30(33)34)29(23(32)28(24)3)20-10-6-8-17-7-4-5-9-19(17)20/h4-15,21H,1-3H3,(H2,26,27,31)/b25-15-/t21-/m0/s1. The van der Waals surface area contributed by atoms with Gasteiger partial charge in [-0.25, -0.2) is 15.0 Å². The summed E-state index contributed by atoms with van der Waals surface area (Å²) in [6, 6.07) is 18.4.